The average molecular weight is 355 g/mol. The van der Waals surface area contributed by atoms with Crippen LogP contribution in [-0.2, 0) is 0 Å². The third-order valence-corrected chi connectivity index (χ3v) is 3.82. The average Bonchev–Trinajstić information content (AvgIpc) is 2.50. The molecule has 0 saturated carbocycles. The second kappa shape index (κ2) is 6.16. The molecule has 22 heavy (non-hydrogen) atoms. The molecule has 3 rings (SSSR count). The van der Waals surface area contributed by atoms with Gasteiger partial charge in [-0.05, 0) is 24.3 Å². The smallest absolute Gasteiger partial charge is 0.178 e. The van der Waals surface area contributed by atoms with Gasteiger partial charge in [-0.25, -0.2) is 19.3 Å². The number of halogens is 4. The Hall–Kier alpha value is -1.75. The first-order valence-corrected chi connectivity index (χ1v) is 7.29. The van der Waals surface area contributed by atoms with Crippen molar-refractivity contribution < 1.29 is 4.39 Å². The molecule has 0 N–H and O–H groups in total. The minimum absolute atomic E-state index is 0.0296. The van der Waals surface area contributed by atoms with Gasteiger partial charge in [-0.1, -0.05) is 40.9 Å². The Labute approximate surface area is 140 Å². The van der Waals surface area contributed by atoms with Gasteiger partial charge in [0.05, 0.1) is 10.0 Å². The van der Waals surface area contributed by atoms with Gasteiger partial charge in [0, 0.05) is 23.5 Å². The van der Waals surface area contributed by atoms with Crippen molar-refractivity contribution in [3.8, 4) is 22.6 Å². The summed E-state index contributed by atoms with van der Waals surface area (Å²) >= 11 is 18.5. The maximum atomic E-state index is 14.1. The Bertz CT molecular complexity index is 797. The van der Waals surface area contributed by atoms with E-state index in [0.717, 1.165) is 0 Å². The maximum Gasteiger partial charge on any atom is 0.178 e. The quantitative estimate of drug-likeness (QED) is 0.586. The molecule has 2 aromatic heterocycles. The molecule has 0 fully saturated rings. The van der Waals surface area contributed by atoms with E-state index in [9.17, 15) is 4.39 Å². The molecule has 0 spiro atoms. The van der Waals surface area contributed by atoms with Gasteiger partial charge in [0.1, 0.15) is 16.7 Å². The number of hydrogen-bond acceptors (Lipinski definition) is 3. The van der Waals surface area contributed by atoms with Crippen molar-refractivity contribution in [2.45, 2.75) is 0 Å². The van der Waals surface area contributed by atoms with E-state index in [1.165, 1.54) is 18.2 Å². The van der Waals surface area contributed by atoms with Crippen LogP contribution in [0.4, 0.5) is 4.39 Å². The van der Waals surface area contributed by atoms with Crippen molar-refractivity contribution in [3.05, 3.63) is 63.7 Å². The van der Waals surface area contributed by atoms with Crippen LogP contribution >= 0.6 is 34.8 Å². The molecule has 0 saturated heterocycles. The first-order chi connectivity index (χ1) is 10.6. The molecule has 1 aromatic carbocycles. The summed E-state index contributed by atoms with van der Waals surface area (Å²) in [6.45, 7) is 0. The summed E-state index contributed by atoms with van der Waals surface area (Å²) in [5.74, 6) is -0.153. The van der Waals surface area contributed by atoms with Gasteiger partial charge < -0.3 is 0 Å². The van der Waals surface area contributed by atoms with E-state index in [1.807, 2.05) is 0 Å². The van der Waals surface area contributed by atoms with Gasteiger partial charge in [0.2, 0.25) is 0 Å². The summed E-state index contributed by atoms with van der Waals surface area (Å²) in [5.41, 5.74) is 0.755. The van der Waals surface area contributed by atoms with Crippen LogP contribution in [0.3, 0.4) is 0 Å². The second-order valence-corrected chi connectivity index (χ2v) is 5.50. The van der Waals surface area contributed by atoms with Gasteiger partial charge in [-0.15, -0.1) is 0 Å². The van der Waals surface area contributed by atoms with Gasteiger partial charge >= 0.3 is 0 Å². The van der Waals surface area contributed by atoms with Crippen LogP contribution in [0.2, 0.25) is 15.2 Å². The van der Waals surface area contributed by atoms with Crippen LogP contribution in [0.1, 0.15) is 0 Å². The van der Waals surface area contributed by atoms with E-state index in [0.29, 0.717) is 11.5 Å². The summed E-state index contributed by atoms with van der Waals surface area (Å²) in [6, 6.07) is 7.55. The molecule has 0 atom stereocenters. The zero-order chi connectivity index (χ0) is 15.7. The van der Waals surface area contributed by atoms with Crippen LogP contribution in [0, 0.1) is 5.82 Å². The predicted molar refractivity (Wildman–Crippen MR) is 85.7 cm³/mol. The highest BCUT2D eigenvalue weighted by molar-refractivity contribution is 6.40. The number of pyridine rings is 1. The fourth-order valence-corrected chi connectivity index (χ4v) is 2.87. The number of hydrogen-bond donors (Lipinski definition) is 0. The lowest BCUT2D eigenvalue weighted by molar-refractivity contribution is 0.631. The minimum atomic E-state index is -0.526. The molecule has 3 aromatic rings. The van der Waals surface area contributed by atoms with Gasteiger partial charge in [0.15, 0.2) is 5.82 Å². The van der Waals surface area contributed by atoms with Crippen LogP contribution in [0.25, 0.3) is 22.6 Å². The SMILES string of the molecule is Fc1cccc(Cl)c1-c1c(Cl)cc(-c2ncccn2)nc1Cl. The molecule has 0 bridgehead atoms. The van der Waals surface area contributed by atoms with Crippen molar-refractivity contribution in [3.63, 3.8) is 0 Å². The Morgan fingerprint density at radius 2 is 1.59 bits per heavy atom. The van der Waals surface area contributed by atoms with E-state index >= 15 is 0 Å². The highest BCUT2D eigenvalue weighted by atomic mass is 35.5. The summed E-state index contributed by atoms with van der Waals surface area (Å²) in [5, 5.41) is 0.450. The van der Waals surface area contributed by atoms with Crippen molar-refractivity contribution in [2.75, 3.05) is 0 Å². The second-order valence-electron chi connectivity index (χ2n) is 4.32. The molecule has 0 aliphatic rings. The molecule has 7 heteroatoms. The summed E-state index contributed by atoms with van der Waals surface area (Å²) in [6.07, 6.45) is 3.15. The highest BCUT2D eigenvalue weighted by Gasteiger charge is 2.19. The molecule has 0 aliphatic carbocycles. The zero-order valence-corrected chi connectivity index (χ0v) is 13.2. The van der Waals surface area contributed by atoms with Crippen LogP contribution < -0.4 is 0 Å². The standard InChI is InChI=1S/C15H7Cl3FN3/c16-8-3-1-4-10(19)12(8)13-9(17)7-11(22-14(13)18)15-20-5-2-6-21-15/h1-7H. The maximum absolute atomic E-state index is 14.1. The lowest BCUT2D eigenvalue weighted by Crippen LogP contribution is -1.95. The monoisotopic (exact) mass is 353 g/mol. The Morgan fingerprint density at radius 3 is 2.23 bits per heavy atom. The lowest BCUT2D eigenvalue weighted by Gasteiger charge is -2.11. The number of nitrogens with zero attached hydrogens (tertiary/aromatic N) is 3. The first-order valence-electron chi connectivity index (χ1n) is 6.15. The van der Waals surface area contributed by atoms with E-state index in [-0.39, 0.29) is 26.3 Å². The van der Waals surface area contributed by atoms with E-state index in [4.69, 9.17) is 34.8 Å². The lowest BCUT2D eigenvalue weighted by atomic mass is 10.1. The van der Waals surface area contributed by atoms with Crippen molar-refractivity contribution in [2.24, 2.45) is 0 Å². The first kappa shape index (κ1) is 15.2. The molecule has 0 aliphatic heterocycles. The molecular formula is C15H7Cl3FN3. The van der Waals surface area contributed by atoms with Gasteiger partial charge in [-0.2, -0.15) is 0 Å². The van der Waals surface area contributed by atoms with E-state index in [2.05, 4.69) is 15.0 Å². The molecule has 2 heterocycles. The Morgan fingerprint density at radius 1 is 0.864 bits per heavy atom. The molecule has 0 amide bonds. The molecule has 110 valence electrons. The van der Waals surface area contributed by atoms with Crippen LogP contribution in [0.5, 0.6) is 0 Å². The van der Waals surface area contributed by atoms with Crippen molar-refractivity contribution in [1.82, 2.24) is 15.0 Å². The van der Waals surface area contributed by atoms with Gasteiger partial charge in [-0.3, -0.25) is 0 Å². The largest absolute Gasteiger partial charge is 0.235 e. The van der Waals surface area contributed by atoms with E-state index < -0.39 is 5.82 Å². The third-order valence-electron chi connectivity index (χ3n) is 2.93. The fraction of sp³-hybridized carbons (Fsp3) is 0. The Balaban J connectivity index is 2.20. The Kier molecular flexibility index (Phi) is 4.25. The van der Waals surface area contributed by atoms with Crippen molar-refractivity contribution in [1.29, 1.82) is 0 Å². The summed E-state index contributed by atoms with van der Waals surface area (Å²) < 4.78 is 14.1. The summed E-state index contributed by atoms with van der Waals surface area (Å²) in [4.78, 5) is 12.3. The van der Waals surface area contributed by atoms with Crippen molar-refractivity contribution >= 4 is 34.8 Å². The topological polar surface area (TPSA) is 38.7 Å². The van der Waals surface area contributed by atoms with E-state index in [1.54, 1.807) is 24.5 Å². The molecule has 3 nitrogen and oxygen atoms in total. The van der Waals surface area contributed by atoms with Gasteiger partial charge in [0.25, 0.3) is 0 Å². The third kappa shape index (κ3) is 2.77. The number of benzene rings is 1. The van der Waals surface area contributed by atoms with Crippen LogP contribution in [0.15, 0.2) is 42.7 Å². The molecule has 0 unspecified atom stereocenters. The molecular weight excluding hydrogens is 348 g/mol. The summed E-state index contributed by atoms with van der Waals surface area (Å²) in [7, 11) is 0. The zero-order valence-electron chi connectivity index (χ0n) is 10.9. The number of aromatic nitrogens is 3. The highest BCUT2D eigenvalue weighted by Crippen LogP contribution is 2.40. The molecule has 0 radical (unpaired) electrons. The number of rotatable bonds is 2. The predicted octanol–water partition coefficient (Wildman–Crippen LogP) is 5.30. The van der Waals surface area contributed by atoms with Crippen LogP contribution in [-0.4, -0.2) is 15.0 Å². The normalized spacial score (nSPS) is 10.7. The minimum Gasteiger partial charge on any atom is -0.235 e. The fourth-order valence-electron chi connectivity index (χ4n) is 1.99.